The van der Waals surface area contributed by atoms with Crippen LogP contribution in [-0.2, 0) is 6.42 Å². The largest absolute Gasteiger partial charge is 0.493 e. The summed E-state index contributed by atoms with van der Waals surface area (Å²) in [5, 5.41) is 4.80. The lowest BCUT2D eigenvalue weighted by Crippen LogP contribution is -2.44. The number of hydrogen-bond acceptors (Lipinski definition) is 9. The number of ether oxygens (including phenoxy) is 3. The van der Waals surface area contributed by atoms with E-state index in [1.54, 1.807) is 44.5 Å². The normalized spacial score (nSPS) is 13.8. The fourth-order valence-corrected chi connectivity index (χ4v) is 5.74. The second kappa shape index (κ2) is 14.9. The molecule has 3 aromatic carbocycles. The van der Waals surface area contributed by atoms with E-state index in [2.05, 4.69) is 26.9 Å². The van der Waals surface area contributed by atoms with Crippen molar-refractivity contribution in [3.05, 3.63) is 112 Å². The number of fused-ring (bicyclic) bond motifs is 1. The molecular weight excluding hydrogens is 632 g/mol. The number of carbonyl (C=O) groups is 1. The van der Waals surface area contributed by atoms with Gasteiger partial charge in [0.25, 0.3) is 5.56 Å². The molecule has 12 heteroatoms. The third kappa shape index (κ3) is 7.93. The number of ketones is 1. The monoisotopic (exact) mass is 669 g/mol. The quantitative estimate of drug-likeness (QED) is 0.124. The Morgan fingerprint density at radius 3 is 2.41 bits per heavy atom. The molecule has 6 rings (SSSR count). The summed E-state index contributed by atoms with van der Waals surface area (Å²) in [6.07, 6.45) is 2.22. The summed E-state index contributed by atoms with van der Waals surface area (Å²) in [4.78, 5) is 35.6. The summed E-state index contributed by atoms with van der Waals surface area (Å²) in [6, 6.07) is 16.0. The van der Waals surface area contributed by atoms with Gasteiger partial charge in [-0.2, -0.15) is 9.78 Å². The lowest BCUT2D eigenvalue weighted by Gasteiger charge is -2.32. The van der Waals surface area contributed by atoms with Crippen molar-refractivity contribution in [3.8, 4) is 28.7 Å². The van der Waals surface area contributed by atoms with Gasteiger partial charge in [-0.25, -0.2) is 8.78 Å². The van der Waals surface area contributed by atoms with Crippen LogP contribution in [0.25, 0.3) is 16.6 Å². The molecule has 0 radical (unpaired) electrons. The van der Waals surface area contributed by atoms with E-state index in [1.807, 2.05) is 0 Å². The van der Waals surface area contributed by atoms with Crippen LogP contribution in [0.3, 0.4) is 0 Å². The fraction of sp³-hybridized carbons (Fsp3) is 0.297. The molecule has 1 aliphatic heterocycles. The summed E-state index contributed by atoms with van der Waals surface area (Å²) >= 11 is 0. The zero-order valence-electron chi connectivity index (χ0n) is 27.6. The highest BCUT2D eigenvalue weighted by atomic mass is 19.1. The second-order valence-corrected chi connectivity index (χ2v) is 12.0. The van der Waals surface area contributed by atoms with Gasteiger partial charge >= 0.3 is 0 Å². The van der Waals surface area contributed by atoms with E-state index in [-0.39, 0.29) is 17.7 Å². The zero-order chi connectivity index (χ0) is 34.5. The predicted octanol–water partition coefficient (Wildman–Crippen LogP) is 5.61. The minimum absolute atomic E-state index is 0.0506. The number of Topliss-reactive ketones (excluding diaryl/α,β-unsaturated/α-hetero) is 1. The van der Waals surface area contributed by atoms with Gasteiger partial charge in [0.15, 0.2) is 28.8 Å². The molecule has 0 bridgehead atoms. The Bertz CT molecular complexity index is 2030. The van der Waals surface area contributed by atoms with Crippen molar-refractivity contribution in [1.82, 2.24) is 24.6 Å². The molecule has 1 saturated heterocycles. The summed E-state index contributed by atoms with van der Waals surface area (Å²) in [6.45, 7) is 7.37. The molecule has 3 heterocycles. The molecule has 2 aromatic heterocycles. The van der Waals surface area contributed by atoms with Gasteiger partial charge in [0.05, 0.1) is 36.2 Å². The average molecular weight is 670 g/mol. The molecule has 0 amide bonds. The maximum Gasteiger partial charge on any atom is 0.282 e. The van der Waals surface area contributed by atoms with E-state index < -0.39 is 23.0 Å². The van der Waals surface area contributed by atoms with Gasteiger partial charge in [-0.15, -0.1) is 0 Å². The maximum absolute atomic E-state index is 15.4. The SMILES string of the molecule is COc1cc2c(Oc3ccc(CC(=O)c4cc(C)nn(-c5ccc(F)cc5)c4=O)cc3F)ccnc2cc1OCCCN1CCN(C)CC1. The molecule has 0 atom stereocenters. The first-order valence-electron chi connectivity index (χ1n) is 16.1. The molecule has 0 N–H and O–H groups in total. The molecular formula is C37H37F2N5O5. The van der Waals surface area contributed by atoms with Crippen LogP contribution >= 0.6 is 0 Å². The fourth-order valence-electron chi connectivity index (χ4n) is 5.74. The van der Waals surface area contributed by atoms with Crippen molar-refractivity contribution >= 4 is 16.7 Å². The second-order valence-electron chi connectivity index (χ2n) is 12.0. The summed E-state index contributed by atoms with van der Waals surface area (Å²) in [7, 11) is 3.69. The van der Waals surface area contributed by atoms with Crippen LogP contribution in [0.5, 0.6) is 23.0 Å². The number of aryl methyl sites for hydroxylation is 1. The Balaban J connectivity index is 1.14. The van der Waals surface area contributed by atoms with E-state index in [4.69, 9.17) is 14.2 Å². The first-order chi connectivity index (χ1) is 23.7. The van der Waals surface area contributed by atoms with Gasteiger partial charge in [0.1, 0.15) is 11.6 Å². The van der Waals surface area contributed by atoms with Crippen LogP contribution in [0.2, 0.25) is 0 Å². The number of halogens is 2. The van der Waals surface area contributed by atoms with Crippen LogP contribution in [0.15, 0.2) is 77.7 Å². The van der Waals surface area contributed by atoms with Gasteiger partial charge in [-0.05, 0) is 80.6 Å². The highest BCUT2D eigenvalue weighted by molar-refractivity contribution is 5.97. The molecule has 1 aliphatic rings. The Hall–Kier alpha value is -5.20. The number of carbonyl (C=O) groups excluding carboxylic acids is 1. The number of hydrogen-bond donors (Lipinski definition) is 0. The molecule has 1 fully saturated rings. The van der Waals surface area contributed by atoms with Gasteiger partial charge in [0, 0.05) is 56.8 Å². The van der Waals surface area contributed by atoms with E-state index in [1.165, 1.54) is 42.5 Å². The van der Waals surface area contributed by atoms with Crippen LogP contribution in [0.1, 0.15) is 28.0 Å². The third-order valence-corrected chi connectivity index (χ3v) is 8.45. The smallest absolute Gasteiger partial charge is 0.282 e. The predicted molar refractivity (Wildman–Crippen MR) is 181 cm³/mol. The standard InChI is InChI=1S/C37H37F2N5O5/c1-24-19-29(37(46)44(41-24)27-8-6-26(38)7-9-27)32(45)21-25-5-10-34(30(39)20-25)49-33-11-12-40-31-23-36(35(47-3)22-28(31)33)48-18-4-13-43-16-14-42(2)15-17-43/h5-12,19-20,22-23H,4,13-18,21H2,1-3H3. The average Bonchev–Trinajstić information content (AvgIpc) is 3.09. The number of piperazine rings is 1. The summed E-state index contributed by atoms with van der Waals surface area (Å²) in [5.74, 6) is -0.280. The number of aromatic nitrogens is 3. The minimum Gasteiger partial charge on any atom is -0.493 e. The number of nitrogens with zero attached hydrogens (tertiary/aromatic N) is 5. The first kappa shape index (κ1) is 33.7. The molecule has 0 aliphatic carbocycles. The van der Waals surface area contributed by atoms with Crippen LogP contribution < -0.4 is 19.8 Å². The minimum atomic E-state index is -0.683. The Labute approximate surface area is 282 Å². The van der Waals surface area contributed by atoms with Gasteiger partial charge in [-0.1, -0.05) is 6.07 Å². The topological polar surface area (TPSA) is 99.0 Å². The molecule has 254 valence electrons. The lowest BCUT2D eigenvalue weighted by molar-refractivity contribution is 0.0990. The van der Waals surface area contributed by atoms with Crippen molar-refractivity contribution in [2.75, 3.05) is 53.5 Å². The van der Waals surface area contributed by atoms with Gasteiger partial charge < -0.3 is 24.0 Å². The van der Waals surface area contributed by atoms with Crippen LogP contribution in [0.4, 0.5) is 8.78 Å². The van der Waals surface area contributed by atoms with Crippen molar-refractivity contribution in [2.45, 2.75) is 19.8 Å². The summed E-state index contributed by atoms with van der Waals surface area (Å²) < 4.78 is 47.5. The molecule has 5 aromatic rings. The Morgan fingerprint density at radius 2 is 1.67 bits per heavy atom. The van der Waals surface area contributed by atoms with Gasteiger partial charge in [-0.3, -0.25) is 14.6 Å². The van der Waals surface area contributed by atoms with E-state index >= 15 is 4.39 Å². The van der Waals surface area contributed by atoms with E-state index in [0.29, 0.717) is 51.7 Å². The molecule has 0 saturated carbocycles. The van der Waals surface area contributed by atoms with E-state index in [0.717, 1.165) is 43.8 Å². The third-order valence-electron chi connectivity index (χ3n) is 8.45. The van der Waals surface area contributed by atoms with Crippen LogP contribution in [0, 0.1) is 18.6 Å². The van der Waals surface area contributed by atoms with Crippen molar-refractivity contribution in [1.29, 1.82) is 0 Å². The Morgan fingerprint density at radius 1 is 0.898 bits per heavy atom. The number of rotatable bonds is 12. The number of benzene rings is 3. The molecule has 0 spiro atoms. The molecule has 49 heavy (non-hydrogen) atoms. The van der Waals surface area contributed by atoms with Crippen molar-refractivity contribution in [2.24, 2.45) is 0 Å². The zero-order valence-corrected chi connectivity index (χ0v) is 27.6. The number of likely N-dealkylation sites (N-methyl/N-ethyl adjacent to an activating group) is 1. The first-order valence-corrected chi connectivity index (χ1v) is 16.1. The number of methoxy groups -OCH3 is 1. The molecule has 10 nitrogen and oxygen atoms in total. The highest BCUT2D eigenvalue weighted by Crippen LogP contribution is 2.37. The van der Waals surface area contributed by atoms with Crippen LogP contribution in [-0.4, -0.2) is 83.8 Å². The van der Waals surface area contributed by atoms with E-state index in [9.17, 15) is 14.0 Å². The highest BCUT2D eigenvalue weighted by Gasteiger charge is 2.19. The van der Waals surface area contributed by atoms with Crippen molar-refractivity contribution < 1.29 is 27.8 Å². The van der Waals surface area contributed by atoms with Gasteiger partial charge in [0.2, 0.25) is 0 Å². The maximum atomic E-state index is 15.4. The Kier molecular flexibility index (Phi) is 10.3. The number of pyridine rings is 1. The molecule has 0 unspecified atom stereocenters. The summed E-state index contributed by atoms with van der Waals surface area (Å²) in [5.41, 5.74) is 0.929. The van der Waals surface area contributed by atoms with Crippen molar-refractivity contribution in [3.63, 3.8) is 0 Å². The lowest BCUT2D eigenvalue weighted by atomic mass is 10.0.